The van der Waals surface area contributed by atoms with Gasteiger partial charge in [-0.05, 0) is 105 Å². The molecule has 1 aromatic heterocycles. The molecule has 1 saturated carbocycles. The summed E-state index contributed by atoms with van der Waals surface area (Å²) in [5.41, 5.74) is 1.66. The quantitative estimate of drug-likeness (QED) is 0.132. The van der Waals surface area contributed by atoms with Gasteiger partial charge in [-0.3, -0.25) is 19.5 Å². The Morgan fingerprint density at radius 3 is 2.40 bits per heavy atom. The summed E-state index contributed by atoms with van der Waals surface area (Å²) in [6.45, 7) is 6.29. The number of hydrogen-bond donors (Lipinski definition) is 2. The van der Waals surface area contributed by atoms with Crippen LogP contribution >= 0.6 is 0 Å². The number of aryl methyl sites for hydroxylation is 2. The first-order chi connectivity index (χ1) is 22.8. The fourth-order valence-electron chi connectivity index (χ4n) is 5.84. The number of ether oxygens (including phenoxy) is 3. The van der Waals surface area contributed by atoms with E-state index in [0.29, 0.717) is 46.5 Å². The Labute approximate surface area is 272 Å². The highest BCUT2D eigenvalue weighted by atomic mass is 19.1. The molecule has 4 aromatic rings. The molecule has 2 aliphatic rings. The van der Waals surface area contributed by atoms with Crippen molar-refractivity contribution in [2.24, 2.45) is 5.41 Å². The molecule has 11 heteroatoms. The minimum Gasteiger partial charge on any atom is -0.496 e. The number of pyridine rings is 1. The maximum atomic E-state index is 15.4. The van der Waals surface area contributed by atoms with E-state index >= 15 is 4.39 Å². The molecule has 6 rings (SSSR count). The number of nitrogens with zero attached hydrogens (tertiary/aromatic N) is 2. The van der Waals surface area contributed by atoms with Crippen LogP contribution in [0.1, 0.15) is 36.8 Å². The van der Waals surface area contributed by atoms with Crippen molar-refractivity contribution in [2.75, 3.05) is 50.6 Å². The Balaban J connectivity index is 1.13. The summed E-state index contributed by atoms with van der Waals surface area (Å²) < 4.78 is 45.9. The summed E-state index contributed by atoms with van der Waals surface area (Å²) >= 11 is 0. The lowest BCUT2D eigenvalue weighted by atomic mass is 10.0. The number of carbonyl (C=O) groups is 2. The van der Waals surface area contributed by atoms with Gasteiger partial charge in [0.05, 0.1) is 25.8 Å². The van der Waals surface area contributed by atoms with Crippen LogP contribution < -0.4 is 20.1 Å². The molecule has 47 heavy (non-hydrogen) atoms. The fraction of sp³-hybridized carbons (Fsp3) is 0.361. The van der Waals surface area contributed by atoms with Crippen molar-refractivity contribution in [1.29, 1.82) is 0 Å². The molecule has 3 aromatic carbocycles. The summed E-state index contributed by atoms with van der Waals surface area (Å²) in [6, 6.07) is 13.5. The van der Waals surface area contributed by atoms with Gasteiger partial charge in [0.2, 0.25) is 11.8 Å². The van der Waals surface area contributed by atoms with Gasteiger partial charge in [0.1, 0.15) is 22.7 Å². The highest BCUT2D eigenvalue weighted by molar-refractivity contribution is 6.17. The number of nitrogens with one attached hydrogen (secondary N) is 2. The Morgan fingerprint density at radius 2 is 1.68 bits per heavy atom. The lowest BCUT2D eigenvalue weighted by Crippen LogP contribution is -2.36. The number of benzene rings is 3. The number of hydrogen-bond acceptors (Lipinski definition) is 7. The van der Waals surface area contributed by atoms with Gasteiger partial charge in [0, 0.05) is 42.1 Å². The predicted molar refractivity (Wildman–Crippen MR) is 175 cm³/mol. The van der Waals surface area contributed by atoms with E-state index in [2.05, 4.69) is 20.5 Å². The molecule has 0 atom stereocenters. The molecular weight excluding hydrogens is 606 g/mol. The summed E-state index contributed by atoms with van der Waals surface area (Å²) in [4.78, 5) is 33.1. The molecule has 2 N–H and O–H groups in total. The number of methoxy groups -OCH3 is 1. The Kier molecular flexibility index (Phi) is 9.65. The highest BCUT2D eigenvalue weighted by Gasteiger charge is 2.56. The molecule has 2 heterocycles. The van der Waals surface area contributed by atoms with Crippen LogP contribution in [0, 0.1) is 24.0 Å². The van der Waals surface area contributed by atoms with Crippen LogP contribution in [0.5, 0.6) is 17.2 Å². The van der Waals surface area contributed by atoms with Crippen LogP contribution in [-0.4, -0.2) is 61.7 Å². The number of carbonyl (C=O) groups excluding carboxylic acids is 2. The van der Waals surface area contributed by atoms with E-state index in [9.17, 15) is 14.0 Å². The van der Waals surface area contributed by atoms with Crippen LogP contribution in [0.4, 0.5) is 20.2 Å². The average molecular weight is 645 g/mol. The number of halogens is 2. The first kappa shape index (κ1) is 32.3. The van der Waals surface area contributed by atoms with E-state index in [1.165, 1.54) is 36.4 Å². The van der Waals surface area contributed by atoms with Crippen molar-refractivity contribution in [1.82, 2.24) is 9.88 Å². The molecule has 0 radical (unpaired) electrons. The smallest absolute Gasteiger partial charge is 0.240 e. The van der Waals surface area contributed by atoms with Gasteiger partial charge in [-0.1, -0.05) is 0 Å². The van der Waals surface area contributed by atoms with Crippen molar-refractivity contribution < 1.29 is 32.6 Å². The second kappa shape index (κ2) is 14.0. The number of unbranched alkanes of at least 4 members (excludes halogenated alkanes) is 1. The second-order valence-electron chi connectivity index (χ2n) is 12.1. The first-order valence-electron chi connectivity index (χ1n) is 15.9. The van der Waals surface area contributed by atoms with E-state index in [0.717, 1.165) is 57.7 Å². The van der Waals surface area contributed by atoms with Crippen LogP contribution in [0.3, 0.4) is 0 Å². The van der Waals surface area contributed by atoms with Gasteiger partial charge < -0.3 is 24.8 Å². The number of morpholine rings is 1. The van der Waals surface area contributed by atoms with Crippen molar-refractivity contribution in [3.05, 3.63) is 83.6 Å². The molecule has 1 aliphatic heterocycles. The Bertz CT molecular complexity index is 1770. The van der Waals surface area contributed by atoms with E-state index < -0.39 is 28.9 Å². The van der Waals surface area contributed by atoms with Gasteiger partial charge in [-0.2, -0.15) is 0 Å². The number of aromatic nitrogens is 1. The molecule has 1 aliphatic carbocycles. The summed E-state index contributed by atoms with van der Waals surface area (Å²) in [6.07, 6.45) is 5.23. The van der Waals surface area contributed by atoms with E-state index in [1.54, 1.807) is 26.3 Å². The first-order valence-corrected chi connectivity index (χ1v) is 15.9. The molecule has 1 saturated heterocycles. The van der Waals surface area contributed by atoms with Crippen molar-refractivity contribution in [3.8, 4) is 17.2 Å². The second-order valence-corrected chi connectivity index (χ2v) is 12.1. The van der Waals surface area contributed by atoms with Crippen LogP contribution in [0.15, 0.2) is 60.8 Å². The third-order valence-corrected chi connectivity index (χ3v) is 8.85. The van der Waals surface area contributed by atoms with Gasteiger partial charge in [-0.25, -0.2) is 8.78 Å². The normalized spacial score (nSPS) is 15.7. The molecule has 2 amide bonds. The highest BCUT2D eigenvalue weighted by Crippen LogP contribution is 2.48. The molecule has 2 fully saturated rings. The van der Waals surface area contributed by atoms with Crippen molar-refractivity contribution >= 4 is 34.1 Å². The maximum Gasteiger partial charge on any atom is 0.240 e. The fourth-order valence-corrected chi connectivity index (χ4v) is 5.84. The third-order valence-electron chi connectivity index (χ3n) is 8.85. The summed E-state index contributed by atoms with van der Waals surface area (Å²) in [7, 11) is 1.63. The number of amides is 2. The van der Waals surface area contributed by atoms with E-state index in [4.69, 9.17) is 14.2 Å². The van der Waals surface area contributed by atoms with Gasteiger partial charge in [-0.15, -0.1) is 0 Å². The third kappa shape index (κ3) is 7.36. The number of anilines is 2. The largest absolute Gasteiger partial charge is 0.496 e. The average Bonchev–Trinajstić information content (AvgIpc) is 3.89. The SMILES string of the molecule is COc1cc2c(Oc3cc(C)c(NC(=O)C4(C(=O)Nc5ccc(F)cc5)CC4)cc3F)ccnc2cc1CCCCN1CCOCC1. The molecule has 0 spiro atoms. The zero-order valence-corrected chi connectivity index (χ0v) is 26.5. The topological polar surface area (TPSA) is 102 Å². The Morgan fingerprint density at radius 1 is 0.936 bits per heavy atom. The van der Waals surface area contributed by atoms with Crippen LogP contribution in [-0.2, 0) is 20.7 Å². The predicted octanol–water partition coefficient (Wildman–Crippen LogP) is 6.63. The molecule has 246 valence electrons. The van der Waals surface area contributed by atoms with Gasteiger partial charge in [0.25, 0.3) is 0 Å². The zero-order chi connectivity index (χ0) is 33.0. The summed E-state index contributed by atoms with van der Waals surface area (Å²) in [5, 5.41) is 6.07. The lowest BCUT2D eigenvalue weighted by Gasteiger charge is -2.26. The number of fused-ring (bicyclic) bond motifs is 1. The van der Waals surface area contributed by atoms with Gasteiger partial charge >= 0.3 is 0 Å². The minimum atomic E-state index is -1.27. The summed E-state index contributed by atoms with van der Waals surface area (Å²) in [5.74, 6) is -1.02. The van der Waals surface area contributed by atoms with E-state index in [1.807, 2.05) is 12.1 Å². The maximum absolute atomic E-state index is 15.4. The molecule has 0 unspecified atom stereocenters. The monoisotopic (exact) mass is 644 g/mol. The van der Waals surface area contributed by atoms with E-state index in [-0.39, 0.29) is 11.4 Å². The Hall–Kier alpha value is -4.61. The van der Waals surface area contributed by atoms with Crippen molar-refractivity contribution in [2.45, 2.75) is 39.0 Å². The molecule has 0 bridgehead atoms. The van der Waals surface area contributed by atoms with Crippen LogP contribution in [0.25, 0.3) is 10.9 Å². The van der Waals surface area contributed by atoms with Crippen LogP contribution in [0.2, 0.25) is 0 Å². The molecular formula is C36H38F2N4O5. The van der Waals surface area contributed by atoms with Gasteiger partial charge in [0.15, 0.2) is 11.6 Å². The minimum absolute atomic E-state index is 0.0191. The molecule has 9 nitrogen and oxygen atoms in total. The number of rotatable bonds is 12. The lowest BCUT2D eigenvalue weighted by molar-refractivity contribution is -0.131. The zero-order valence-electron chi connectivity index (χ0n) is 26.5. The van der Waals surface area contributed by atoms with Crippen molar-refractivity contribution in [3.63, 3.8) is 0 Å². The standard InChI is InChI=1S/C36H38F2N4O5/c1-23-19-33(28(38)22-29(23)41-35(44)36(11-12-36)34(43)40-26-8-6-25(37)7-9-26)47-31-10-13-39-30-20-24(32(45-2)21-27(30)31)5-3-4-14-42-15-17-46-18-16-42/h6-10,13,19-22H,3-5,11-12,14-18H2,1-2H3,(H,40,43)(H,41,44).